The fraction of sp³-hybridized carbons (Fsp3) is 0.312. The lowest BCUT2D eigenvalue weighted by molar-refractivity contribution is 0.0697. The molecule has 0 saturated carbocycles. The molecule has 0 fully saturated rings. The number of nitrogens with two attached hydrogens (primary N) is 1. The highest BCUT2D eigenvalue weighted by Crippen LogP contribution is 2.24. The Kier molecular flexibility index (Phi) is 3.95. The average Bonchev–Trinajstić information content (AvgIpc) is 2.65. The van der Waals surface area contributed by atoms with E-state index in [1.54, 1.807) is 12.1 Å². The summed E-state index contributed by atoms with van der Waals surface area (Å²) >= 11 is 0. The van der Waals surface area contributed by atoms with E-state index in [1.807, 2.05) is 13.0 Å². The molecule has 1 aromatic heterocycles. The SMILES string of the molecule is Cc1cc(C(=O)O)ccc1-n1c(C)cc(CCN)c1C. The number of carboxylic acid groups (broad SMARTS) is 1. The maximum Gasteiger partial charge on any atom is 0.335 e. The van der Waals surface area contributed by atoms with Crippen molar-refractivity contribution in [3.63, 3.8) is 0 Å². The molecule has 1 aromatic carbocycles. The van der Waals surface area contributed by atoms with Gasteiger partial charge in [-0.3, -0.25) is 0 Å². The van der Waals surface area contributed by atoms with Crippen LogP contribution in [0.25, 0.3) is 5.69 Å². The van der Waals surface area contributed by atoms with Crippen LogP contribution in [0.3, 0.4) is 0 Å². The Balaban J connectivity index is 2.54. The molecule has 2 aromatic rings. The molecule has 4 nitrogen and oxygen atoms in total. The van der Waals surface area contributed by atoms with Crippen molar-refractivity contribution < 1.29 is 9.90 Å². The van der Waals surface area contributed by atoms with Crippen LogP contribution in [0.15, 0.2) is 24.3 Å². The molecule has 0 radical (unpaired) electrons. The summed E-state index contributed by atoms with van der Waals surface area (Å²) in [6.07, 6.45) is 0.853. The molecule has 0 spiro atoms. The normalized spacial score (nSPS) is 10.8. The first kappa shape index (κ1) is 14.3. The van der Waals surface area contributed by atoms with E-state index in [9.17, 15) is 4.79 Å². The minimum Gasteiger partial charge on any atom is -0.478 e. The zero-order valence-electron chi connectivity index (χ0n) is 12.1. The molecule has 3 N–H and O–H groups in total. The van der Waals surface area contributed by atoms with Crippen LogP contribution in [-0.2, 0) is 6.42 Å². The molecule has 1 heterocycles. The maximum atomic E-state index is 11.0. The van der Waals surface area contributed by atoms with Gasteiger partial charge in [0.15, 0.2) is 0 Å². The van der Waals surface area contributed by atoms with Gasteiger partial charge in [0.05, 0.1) is 5.56 Å². The first-order chi connectivity index (χ1) is 9.45. The molecule has 0 atom stereocenters. The van der Waals surface area contributed by atoms with Crippen LogP contribution in [-0.4, -0.2) is 22.2 Å². The van der Waals surface area contributed by atoms with E-state index in [0.717, 1.165) is 23.4 Å². The van der Waals surface area contributed by atoms with Gasteiger partial charge in [-0.15, -0.1) is 0 Å². The fourth-order valence-electron chi connectivity index (χ4n) is 2.65. The van der Waals surface area contributed by atoms with Crippen LogP contribution >= 0.6 is 0 Å². The number of aromatic nitrogens is 1. The van der Waals surface area contributed by atoms with Gasteiger partial charge in [0, 0.05) is 17.1 Å². The topological polar surface area (TPSA) is 68.2 Å². The average molecular weight is 272 g/mol. The van der Waals surface area contributed by atoms with Gasteiger partial charge in [-0.25, -0.2) is 4.79 Å². The number of carboxylic acids is 1. The summed E-state index contributed by atoms with van der Waals surface area (Å²) in [5.41, 5.74) is 11.5. The van der Waals surface area contributed by atoms with E-state index in [4.69, 9.17) is 10.8 Å². The lowest BCUT2D eigenvalue weighted by Gasteiger charge is -2.13. The highest BCUT2D eigenvalue weighted by Gasteiger charge is 2.13. The van der Waals surface area contributed by atoms with Gasteiger partial charge in [-0.05, 0) is 69.1 Å². The summed E-state index contributed by atoms with van der Waals surface area (Å²) in [7, 11) is 0. The summed E-state index contributed by atoms with van der Waals surface area (Å²) in [5, 5.41) is 9.03. The number of nitrogens with zero attached hydrogens (tertiary/aromatic N) is 1. The van der Waals surface area contributed by atoms with Crippen LogP contribution in [0.1, 0.15) is 32.9 Å². The molecule has 4 heteroatoms. The first-order valence-corrected chi connectivity index (χ1v) is 6.68. The minimum atomic E-state index is -0.899. The largest absolute Gasteiger partial charge is 0.478 e. The monoisotopic (exact) mass is 272 g/mol. The Bertz CT molecular complexity index is 657. The van der Waals surface area contributed by atoms with Crippen molar-refractivity contribution in [3.8, 4) is 5.69 Å². The van der Waals surface area contributed by atoms with Gasteiger partial charge < -0.3 is 15.4 Å². The molecule has 0 amide bonds. The molecular formula is C16H20N2O2. The second-order valence-electron chi connectivity index (χ2n) is 5.08. The number of benzene rings is 1. The number of hydrogen-bond acceptors (Lipinski definition) is 2. The second-order valence-corrected chi connectivity index (χ2v) is 5.08. The Labute approximate surface area is 118 Å². The molecule has 0 unspecified atom stereocenters. The van der Waals surface area contributed by atoms with Gasteiger partial charge in [0.25, 0.3) is 0 Å². The van der Waals surface area contributed by atoms with E-state index >= 15 is 0 Å². The van der Waals surface area contributed by atoms with Crippen molar-refractivity contribution in [1.29, 1.82) is 0 Å². The third-order valence-corrected chi connectivity index (χ3v) is 3.63. The number of carbonyl (C=O) groups is 1. The Morgan fingerprint density at radius 3 is 2.50 bits per heavy atom. The Hall–Kier alpha value is -2.07. The smallest absolute Gasteiger partial charge is 0.335 e. The summed E-state index contributed by atoms with van der Waals surface area (Å²) in [6, 6.07) is 7.36. The molecule has 2 rings (SSSR count). The second kappa shape index (κ2) is 5.51. The number of hydrogen-bond donors (Lipinski definition) is 2. The molecular weight excluding hydrogens is 252 g/mol. The van der Waals surface area contributed by atoms with Crippen molar-refractivity contribution in [2.24, 2.45) is 5.73 Å². The third kappa shape index (κ3) is 2.47. The quantitative estimate of drug-likeness (QED) is 0.899. The van der Waals surface area contributed by atoms with Gasteiger partial charge >= 0.3 is 5.97 Å². The molecule has 106 valence electrons. The predicted octanol–water partition coefficient (Wildman–Crippen LogP) is 2.60. The highest BCUT2D eigenvalue weighted by molar-refractivity contribution is 5.88. The van der Waals surface area contributed by atoms with Crippen LogP contribution in [0.4, 0.5) is 0 Å². The molecule has 0 aliphatic heterocycles. The highest BCUT2D eigenvalue weighted by atomic mass is 16.4. The van der Waals surface area contributed by atoms with Crippen molar-refractivity contribution in [2.75, 3.05) is 6.54 Å². The summed E-state index contributed by atoms with van der Waals surface area (Å²) in [4.78, 5) is 11.0. The first-order valence-electron chi connectivity index (χ1n) is 6.68. The van der Waals surface area contributed by atoms with Crippen LogP contribution in [0.2, 0.25) is 0 Å². The zero-order valence-corrected chi connectivity index (χ0v) is 12.1. The van der Waals surface area contributed by atoms with Crippen molar-refractivity contribution in [2.45, 2.75) is 27.2 Å². The Morgan fingerprint density at radius 2 is 1.95 bits per heavy atom. The van der Waals surface area contributed by atoms with E-state index in [-0.39, 0.29) is 0 Å². The van der Waals surface area contributed by atoms with Crippen LogP contribution in [0.5, 0.6) is 0 Å². The minimum absolute atomic E-state index is 0.316. The van der Waals surface area contributed by atoms with Crippen LogP contribution < -0.4 is 5.73 Å². The lowest BCUT2D eigenvalue weighted by atomic mass is 10.1. The molecule has 20 heavy (non-hydrogen) atoms. The predicted molar refractivity (Wildman–Crippen MR) is 79.7 cm³/mol. The molecule has 0 aliphatic carbocycles. The van der Waals surface area contributed by atoms with Gasteiger partial charge in [-0.1, -0.05) is 0 Å². The van der Waals surface area contributed by atoms with Gasteiger partial charge in [-0.2, -0.15) is 0 Å². The van der Waals surface area contributed by atoms with Gasteiger partial charge in [0.2, 0.25) is 0 Å². The van der Waals surface area contributed by atoms with E-state index in [0.29, 0.717) is 12.1 Å². The van der Waals surface area contributed by atoms with Gasteiger partial charge in [0.1, 0.15) is 0 Å². The third-order valence-electron chi connectivity index (χ3n) is 3.63. The summed E-state index contributed by atoms with van der Waals surface area (Å²) in [5.74, 6) is -0.899. The molecule has 0 saturated heterocycles. The number of rotatable bonds is 4. The number of aromatic carboxylic acids is 1. The van der Waals surface area contributed by atoms with Crippen molar-refractivity contribution >= 4 is 5.97 Å². The van der Waals surface area contributed by atoms with E-state index in [1.165, 1.54) is 11.3 Å². The zero-order chi connectivity index (χ0) is 14.9. The van der Waals surface area contributed by atoms with E-state index < -0.39 is 5.97 Å². The maximum absolute atomic E-state index is 11.0. The standard InChI is InChI=1S/C16H20N2O2/c1-10-8-14(16(19)20)4-5-15(10)18-11(2)9-13(6-7-17)12(18)3/h4-5,8-9H,6-7,17H2,1-3H3,(H,19,20). The van der Waals surface area contributed by atoms with Crippen molar-refractivity contribution in [1.82, 2.24) is 4.57 Å². The number of aryl methyl sites for hydroxylation is 2. The fourth-order valence-corrected chi connectivity index (χ4v) is 2.65. The molecule has 0 aliphatic rings. The Morgan fingerprint density at radius 1 is 1.25 bits per heavy atom. The summed E-state index contributed by atoms with van der Waals surface area (Å²) < 4.78 is 2.16. The van der Waals surface area contributed by atoms with E-state index in [2.05, 4.69) is 24.5 Å². The van der Waals surface area contributed by atoms with Crippen molar-refractivity contribution in [3.05, 3.63) is 52.3 Å². The lowest BCUT2D eigenvalue weighted by Crippen LogP contribution is -2.06. The van der Waals surface area contributed by atoms with Crippen LogP contribution in [0, 0.1) is 20.8 Å². The summed E-state index contributed by atoms with van der Waals surface area (Å²) in [6.45, 7) is 6.69. The molecule has 0 bridgehead atoms.